The van der Waals surface area contributed by atoms with Crippen LogP contribution >= 0.6 is 0 Å². The zero-order valence-corrected chi connectivity index (χ0v) is 18.3. The van der Waals surface area contributed by atoms with Crippen LogP contribution in [0.4, 0.5) is 10.5 Å². The number of sulfonamides is 1. The highest BCUT2D eigenvalue weighted by Crippen LogP contribution is 2.57. The van der Waals surface area contributed by atoms with Crippen LogP contribution in [0, 0.1) is 0 Å². The molecule has 1 saturated heterocycles. The fourth-order valence-electron chi connectivity index (χ4n) is 4.87. The maximum absolute atomic E-state index is 13.8. The van der Waals surface area contributed by atoms with E-state index in [1.54, 1.807) is 42.5 Å². The number of amides is 1. The number of anilines is 1. The topological polar surface area (TPSA) is 110 Å². The van der Waals surface area contributed by atoms with Crippen molar-refractivity contribution >= 4 is 34.1 Å². The second-order valence-electron chi connectivity index (χ2n) is 7.65. The lowest BCUT2D eigenvalue weighted by Gasteiger charge is -2.36. The van der Waals surface area contributed by atoms with Gasteiger partial charge in [-0.15, -0.1) is 0 Å². The van der Waals surface area contributed by atoms with Gasteiger partial charge in [-0.05, 0) is 30.2 Å². The standard InChI is InChI=1S/C22H22N2O7S/c1-30-19(26)18-14-22(12-13-25)16-10-6-7-11-17(16)24(20(22)23(18)21(27)31-2)32(28,29)15-8-4-3-5-9-15/h3-11,13,18,20H,12,14H2,1-2H3. The Kier molecular flexibility index (Phi) is 5.41. The Hall–Kier alpha value is -3.40. The van der Waals surface area contributed by atoms with E-state index < -0.39 is 39.7 Å². The SMILES string of the molecule is COC(=O)C1CC2(CC=O)c3ccccc3N(S(=O)(=O)c3ccccc3)C2N1C(=O)OC. The molecule has 32 heavy (non-hydrogen) atoms. The lowest BCUT2D eigenvalue weighted by atomic mass is 9.76. The van der Waals surface area contributed by atoms with Crippen LogP contribution in [0.15, 0.2) is 59.5 Å². The van der Waals surface area contributed by atoms with Crippen molar-refractivity contribution in [1.29, 1.82) is 0 Å². The Labute approximate surface area is 185 Å². The fourth-order valence-corrected chi connectivity index (χ4v) is 6.58. The van der Waals surface area contributed by atoms with E-state index in [4.69, 9.17) is 9.47 Å². The molecule has 168 valence electrons. The van der Waals surface area contributed by atoms with E-state index in [9.17, 15) is 22.8 Å². The molecule has 0 bridgehead atoms. The zero-order chi connectivity index (χ0) is 23.1. The van der Waals surface area contributed by atoms with E-state index in [1.165, 1.54) is 19.2 Å². The molecule has 2 aromatic carbocycles. The van der Waals surface area contributed by atoms with Crippen molar-refractivity contribution in [3.05, 3.63) is 60.2 Å². The number of carbonyl (C=O) groups is 3. The molecule has 0 saturated carbocycles. The number of methoxy groups -OCH3 is 2. The normalized spacial score (nSPS) is 23.9. The molecule has 1 fully saturated rings. The molecule has 2 aliphatic heterocycles. The summed E-state index contributed by atoms with van der Waals surface area (Å²) in [7, 11) is -1.84. The van der Waals surface area contributed by atoms with Crippen molar-refractivity contribution in [2.24, 2.45) is 0 Å². The van der Waals surface area contributed by atoms with Crippen LogP contribution in [-0.2, 0) is 34.5 Å². The molecule has 0 N–H and O–H groups in total. The van der Waals surface area contributed by atoms with E-state index in [2.05, 4.69) is 0 Å². The number of aldehydes is 1. The van der Waals surface area contributed by atoms with Gasteiger partial charge in [0.2, 0.25) is 0 Å². The van der Waals surface area contributed by atoms with Gasteiger partial charge in [0.25, 0.3) is 10.0 Å². The number of nitrogens with zero attached hydrogens (tertiary/aromatic N) is 2. The first-order valence-corrected chi connectivity index (χ1v) is 11.3. The third-order valence-electron chi connectivity index (χ3n) is 6.16. The Morgan fingerprint density at radius 1 is 1.06 bits per heavy atom. The average molecular weight is 458 g/mol. The summed E-state index contributed by atoms with van der Waals surface area (Å²) >= 11 is 0. The molecule has 2 aliphatic rings. The van der Waals surface area contributed by atoms with Gasteiger partial charge < -0.3 is 14.3 Å². The van der Waals surface area contributed by atoms with Gasteiger partial charge in [0.05, 0.1) is 24.8 Å². The average Bonchev–Trinajstić information content (AvgIpc) is 3.28. The summed E-state index contributed by atoms with van der Waals surface area (Å²) in [6, 6.07) is 13.4. The maximum Gasteiger partial charge on any atom is 0.411 e. The molecule has 2 aromatic rings. The van der Waals surface area contributed by atoms with Gasteiger partial charge in [0.15, 0.2) is 0 Å². The van der Waals surface area contributed by atoms with Crippen molar-refractivity contribution in [2.75, 3.05) is 18.5 Å². The van der Waals surface area contributed by atoms with Crippen LogP contribution in [0.1, 0.15) is 18.4 Å². The van der Waals surface area contributed by atoms with Gasteiger partial charge in [-0.1, -0.05) is 36.4 Å². The van der Waals surface area contributed by atoms with E-state index in [0.717, 1.165) is 16.3 Å². The molecule has 1 amide bonds. The van der Waals surface area contributed by atoms with Crippen LogP contribution in [0.3, 0.4) is 0 Å². The van der Waals surface area contributed by atoms with Crippen molar-refractivity contribution in [2.45, 2.75) is 35.4 Å². The Morgan fingerprint density at radius 3 is 2.34 bits per heavy atom. The number of esters is 1. The first kappa shape index (κ1) is 21.8. The Balaban J connectivity index is 2.01. The van der Waals surface area contributed by atoms with Crippen LogP contribution in [0.5, 0.6) is 0 Å². The lowest BCUT2D eigenvalue weighted by molar-refractivity contribution is -0.145. The largest absolute Gasteiger partial charge is 0.467 e. The predicted molar refractivity (Wildman–Crippen MR) is 113 cm³/mol. The van der Waals surface area contributed by atoms with Crippen molar-refractivity contribution in [1.82, 2.24) is 4.90 Å². The zero-order valence-electron chi connectivity index (χ0n) is 17.5. The molecule has 0 radical (unpaired) electrons. The number of para-hydroxylation sites is 1. The minimum atomic E-state index is -4.18. The smallest absolute Gasteiger partial charge is 0.411 e. The maximum atomic E-state index is 13.8. The summed E-state index contributed by atoms with van der Waals surface area (Å²) in [5, 5.41) is 0. The van der Waals surface area contributed by atoms with Crippen LogP contribution in [0.2, 0.25) is 0 Å². The van der Waals surface area contributed by atoms with Crippen LogP contribution in [0.25, 0.3) is 0 Å². The van der Waals surface area contributed by atoms with E-state index in [-0.39, 0.29) is 17.7 Å². The predicted octanol–water partition coefficient (Wildman–Crippen LogP) is 2.06. The van der Waals surface area contributed by atoms with Crippen molar-refractivity contribution in [3.63, 3.8) is 0 Å². The quantitative estimate of drug-likeness (QED) is 0.498. The second kappa shape index (κ2) is 7.94. The minimum Gasteiger partial charge on any atom is -0.467 e. The van der Waals surface area contributed by atoms with E-state index in [1.807, 2.05) is 0 Å². The number of fused-ring (bicyclic) bond motifs is 3. The number of ether oxygens (including phenoxy) is 2. The highest BCUT2D eigenvalue weighted by Gasteiger charge is 2.66. The van der Waals surface area contributed by atoms with E-state index in [0.29, 0.717) is 17.5 Å². The van der Waals surface area contributed by atoms with Crippen molar-refractivity contribution in [3.8, 4) is 0 Å². The summed E-state index contributed by atoms with van der Waals surface area (Å²) in [5.41, 5.74) is -0.231. The number of rotatable bonds is 5. The van der Waals surface area contributed by atoms with Crippen LogP contribution in [-0.4, -0.2) is 58.1 Å². The molecule has 10 heteroatoms. The highest BCUT2D eigenvalue weighted by molar-refractivity contribution is 7.92. The monoisotopic (exact) mass is 458 g/mol. The third kappa shape index (κ3) is 2.97. The van der Waals surface area contributed by atoms with E-state index >= 15 is 0 Å². The first-order chi connectivity index (χ1) is 15.3. The summed E-state index contributed by atoms with van der Waals surface area (Å²) in [6.45, 7) is 0. The summed E-state index contributed by atoms with van der Waals surface area (Å²) < 4.78 is 38.6. The van der Waals surface area contributed by atoms with Gasteiger partial charge in [-0.3, -0.25) is 4.90 Å². The second-order valence-corrected chi connectivity index (χ2v) is 9.47. The third-order valence-corrected chi connectivity index (χ3v) is 7.94. The lowest BCUT2D eigenvalue weighted by Crippen LogP contribution is -2.56. The van der Waals surface area contributed by atoms with Gasteiger partial charge in [-0.2, -0.15) is 0 Å². The molecule has 9 nitrogen and oxygen atoms in total. The molecule has 0 aromatic heterocycles. The van der Waals surface area contributed by atoms with Crippen LogP contribution < -0.4 is 4.31 Å². The molecule has 4 rings (SSSR count). The number of hydrogen-bond donors (Lipinski definition) is 0. The molecule has 3 unspecified atom stereocenters. The molecule has 3 atom stereocenters. The number of likely N-dealkylation sites (tertiary alicyclic amines) is 1. The molecular weight excluding hydrogens is 436 g/mol. The van der Waals surface area contributed by atoms with Gasteiger partial charge in [0, 0.05) is 11.8 Å². The molecule has 2 heterocycles. The number of carbonyl (C=O) groups excluding carboxylic acids is 3. The first-order valence-electron chi connectivity index (χ1n) is 9.90. The van der Waals surface area contributed by atoms with Gasteiger partial charge in [-0.25, -0.2) is 22.3 Å². The molecule has 0 spiro atoms. The molecular formula is C22H22N2O7S. The van der Waals surface area contributed by atoms with Gasteiger partial charge in [0.1, 0.15) is 18.5 Å². The highest BCUT2D eigenvalue weighted by atomic mass is 32.2. The summed E-state index contributed by atoms with van der Waals surface area (Å²) in [6.07, 6.45) is -1.49. The number of hydrogen-bond acceptors (Lipinski definition) is 7. The van der Waals surface area contributed by atoms with Crippen molar-refractivity contribution < 1.29 is 32.3 Å². The Bertz CT molecular complexity index is 1170. The number of benzene rings is 2. The summed E-state index contributed by atoms with van der Waals surface area (Å²) in [4.78, 5) is 38.4. The van der Waals surface area contributed by atoms with Gasteiger partial charge >= 0.3 is 12.1 Å². The molecule has 0 aliphatic carbocycles. The minimum absolute atomic E-state index is 0.00992. The summed E-state index contributed by atoms with van der Waals surface area (Å²) in [5.74, 6) is -0.718. The fraction of sp³-hybridized carbons (Fsp3) is 0.318. The Morgan fingerprint density at radius 2 is 1.72 bits per heavy atom.